The summed E-state index contributed by atoms with van der Waals surface area (Å²) >= 11 is 0. The molecule has 2 heterocycles. The monoisotopic (exact) mass is 363 g/mol. The van der Waals surface area contributed by atoms with Crippen molar-refractivity contribution in [1.82, 2.24) is 20.3 Å². The van der Waals surface area contributed by atoms with Gasteiger partial charge >= 0.3 is 0 Å². The first-order valence-corrected chi connectivity index (χ1v) is 8.52. The lowest BCUT2D eigenvalue weighted by Gasteiger charge is -2.22. The van der Waals surface area contributed by atoms with Gasteiger partial charge in [-0.1, -0.05) is 5.21 Å². The molecule has 3 rings (SSSR count). The zero-order valence-electron chi connectivity index (χ0n) is 14.6. The molecule has 0 radical (unpaired) electrons. The Morgan fingerprint density at radius 3 is 2.92 bits per heavy atom. The van der Waals surface area contributed by atoms with Crippen LogP contribution in [0.4, 0.5) is 10.1 Å². The lowest BCUT2D eigenvalue weighted by molar-refractivity contribution is 0.102. The first kappa shape index (κ1) is 18.3. The van der Waals surface area contributed by atoms with Gasteiger partial charge in [-0.3, -0.25) is 4.79 Å². The first-order chi connectivity index (χ1) is 12.7. The van der Waals surface area contributed by atoms with Crippen molar-refractivity contribution in [2.45, 2.75) is 18.9 Å². The van der Waals surface area contributed by atoms with Gasteiger partial charge in [0.2, 0.25) is 0 Å². The van der Waals surface area contributed by atoms with E-state index < -0.39 is 11.7 Å². The van der Waals surface area contributed by atoms with Gasteiger partial charge in [-0.2, -0.15) is 0 Å². The third-order valence-electron chi connectivity index (χ3n) is 4.16. The van der Waals surface area contributed by atoms with Crippen LogP contribution in [-0.4, -0.2) is 54.3 Å². The van der Waals surface area contributed by atoms with Crippen LogP contribution in [0.3, 0.4) is 0 Å². The number of hydrogen-bond donors (Lipinski definition) is 2. The van der Waals surface area contributed by atoms with Gasteiger partial charge in [-0.05, 0) is 38.1 Å². The van der Waals surface area contributed by atoms with E-state index in [0.29, 0.717) is 12.3 Å². The predicted molar refractivity (Wildman–Crippen MR) is 92.9 cm³/mol. The number of benzene rings is 1. The molecule has 26 heavy (non-hydrogen) atoms. The minimum atomic E-state index is -0.558. The summed E-state index contributed by atoms with van der Waals surface area (Å²) in [5.74, 6) is -0.883. The van der Waals surface area contributed by atoms with E-state index in [1.54, 1.807) is 24.1 Å². The summed E-state index contributed by atoms with van der Waals surface area (Å²) in [5, 5.41) is 13.9. The molecular formula is C17H22FN5O3. The Kier molecular flexibility index (Phi) is 6.13. The highest BCUT2D eigenvalue weighted by atomic mass is 19.1. The molecule has 1 fully saturated rings. The van der Waals surface area contributed by atoms with Gasteiger partial charge in [0.25, 0.3) is 5.91 Å². The molecule has 1 aliphatic rings. The molecule has 0 spiro atoms. The Balaban J connectivity index is 1.61. The maximum absolute atomic E-state index is 14.0. The fourth-order valence-corrected chi connectivity index (χ4v) is 2.76. The SMILES string of the molecule is COCCOc1ccc(NC(=O)c2cn(C3CCNCC3)nn2)cc1F. The zero-order chi connectivity index (χ0) is 18.4. The Labute approximate surface area is 150 Å². The summed E-state index contributed by atoms with van der Waals surface area (Å²) < 4.78 is 25.8. The van der Waals surface area contributed by atoms with Gasteiger partial charge in [0.15, 0.2) is 17.3 Å². The fourth-order valence-electron chi connectivity index (χ4n) is 2.76. The van der Waals surface area contributed by atoms with E-state index in [0.717, 1.165) is 25.9 Å². The number of methoxy groups -OCH3 is 1. The Morgan fingerprint density at radius 1 is 1.38 bits per heavy atom. The number of aromatic nitrogens is 3. The number of nitrogens with zero attached hydrogens (tertiary/aromatic N) is 3. The molecule has 2 aromatic rings. The van der Waals surface area contributed by atoms with Crippen LogP contribution >= 0.6 is 0 Å². The van der Waals surface area contributed by atoms with E-state index in [1.807, 2.05) is 0 Å². The van der Waals surface area contributed by atoms with Crippen LogP contribution in [-0.2, 0) is 4.74 Å². The van der Waals surface area contributed by atoms with Crippen molar-refractivity contribution >= 4 is 11.6 Å². The number of carbonyl (C=O) groups is 1. The summed E-state index contributed by atoms with van der Waals surface area (Å²) in [4.78, 5) is 12.3. The van der Waals surface area contributed by atoms with Crippen molar-refractivity contribution in [2.24, 2.45) is 0 Å². The minimum absolute atomic E-state index is 0.108. The average Bonchev–Trinajstić information content (AvgIpc) is 3.15. The summed E-state index contributed by atoms with van der Waals surface area (Å²) in [6, 6.07) is 4.48. The number of piperidine rings is 1. The molecule has 1 aromatic carbocycles. The van der Waals surface area contributed by atoms with Gasteiger partial charge in [-0.25, -0.2) is 9.07 Å². The molecule has 0 saturated carbocycles. The second-order valence-corrected chi connectivity index (χ2v) is 6.01. The Bertz CT molecular complexity index is 746. The molecule has 8 nitrogen and oxygen atoms in total. The molecule has 140 valence electrons. The number of carbonyl (C=O) groups excluding carboxylic acids is 1. The van der Waals surface area contributed by atoms with Crippen LogP contribution in [0.1, 0.15) is 29.4 Å². The third kappa shape index (κ3) is 4.55. The van der Waals surface area contributed by atoms with Gasteiger partial charge < -0.3 is 20.1 Å². The van der Waals surface area contributed by atoms with Gasteiger partial charge in [0.1, 0.15) is 6.61 Å². The smallest absolute Gasteiger partial charge is 0.277 e. The molecule has 1 amide bonds. The van der Waals surface area contributed by atoms with Crippen molar-refractivity contribution in [3.63, 3.8) is 0 Å². The quantitative estimate of drug-likeness (QED) is 0.727. The summed E-state index contributed by atoms with van der Waals surface area (Å²) in [5.41, 5.74) is 0.521. The predicted octanol–water partition coefficient (Wildman–Crippen LogP) is 1.62. The van der Waals surface area contributed by atoms with Gasteiger partial charge in [0, 0.05) is 18.9 Å². The highest BCUT2D eigenvalue weighted by Crippen LogP contribution is 2.22. The van der Waals surface area contributed by atoms with E-state index in [9.17, 15) is 9.18 Å². The molecule has 0 unspecified atom stereocenters. The van der Waals surface area contributed by atoms with Crippen molar-refractivity contribution in [2.75, 3.05) is 38.7 Å². The minimum Gasteiger partial charge on any atom is -0.488 e. The van der Waals surface area contributed by atoms with Gasteiger partial charge in [-0.15, -0.1) is 5.10 Å². The highest BCUT2D eigenvalue weighted by molar-refractivity contribution is 6.02. The maximum Gasteiger partial charge on any atom is 0.277 e. The third-order valence-corrected chi connectivity index (χ3v) is 4.16. The Morgan fingerprint density at radius 2 is 2.19 bits per heavy atom. The van der Waals surface area contributed by atoms with E-state index in [4.69, 9.17) is 9.47 Å². The second kappa shape index (κ2) is 8.72. The van der Waals surface area contributed by atoms with Gasteiger partial charge in [0.05, 0.1) is 18.8 Å². The molecular weight excluding hydrogens is 341 g/mol. The summed E-state index contributed by atoms with van der Waals surface area (Å²) in [7, 11) is 1.54. The second-order valence-electron chi connectivity index (χ2n) is 6.01. The first-order valence-electron chi connectivity index (χ1n) is 8.52. The topological polar surface area (TPSA) is 90.3 Å². The number of nitrogens with one attached hydrogen (secondary N) is 2. The lowest BCUT2D eigenvalue weighted by Crippen LogP contribution is -2.29. The zero-order valence-corrected chi connectivity index (χ0v) is 14.6. The van der Waals surface area contributed by atoms with E-state index in [-0.39, 0.29) is 24.1 Å². The largest absolute Gasteiger partial charge is 0.488 e. The summed E-state index contributed by atoms with van der Waals surface area (Å²) in [6.45, 7) is 2.46. The van der Waals surface area contributed by atoms with Crippen LogP contribution in [0.5, 0.6) is 5.75 Å². The molecule has 1 aliphatic heterocycles. The molecule has 0 atom stereocenters. The van der Waals surface area contributed by atoms with Crippen molar-refractivity contribution in [1.29, 1.82) is 0 Å². The number of anilines is 1. The van der Waals surface area contributed by atoms with Crippen LogP contribution in [0.2, 0.25) is 0 Å². The molecule has 0 bridgehead atoms. The molecule has 2 N–H and O–H groups in total. The van der Waals surface area contributed by atoms with Crippen LogP contribution < -0.4 is 15.4 Å². The van der Waals surface area contributed by atoms with Crippen molar-refractivity contribution in [3.05, 3.63) is 35.9 Å². The lowest BCUT2D eigenvalue weighted by atomic mass is 10.1. The molecule has 1 aromatic heterocycles. The fraction of sp³-hybridized carbons (Fsp3) is 0.471. The normalized spacial score (nSPS) is 15.0. The number of rotatable bonds is 7. The van der Waals surface area contributed by atoms with Crippen molar-refractivity contribution < 1.29 is 18.7 Å². The van der Waals surface area contributed by atoms with E-state index >= 15 is 0 Å². The molecule has 9 heteroatoms. The van der Waals surface area contributed by atoms with E-state index in [1.165, 1.54) is 12.1 Å². The van der Waals surface area contributed by atoms with Crippen LogP contribution in [0.25, 0.3) is 0 Å². The van der Waals surface area contributed by atoms with Crippen LogP contribution in [0, 0.1) is 5.82 Å². The number of hydrogen-bond acceptors (Lipinski definition) is 6. The summed E-state index contributed by atoms with van der Waals surface area (Å²) in [6.07, 6.45) is 3.52. The van der Waals surface area contributed by atoms with E-state index in [2.05, 4.69) is 20.9 Å². The molecule has 1 saturated heterocycles. The van der Waals surface area contributed by atoms with Crippen LogP contribution in [0.15, 0.2) is 24.4 Å². The molecule has 0 aliphatic carbocycles. The number of ether oxygens (including phenoxy) is 2. The maximum atomic E-state index is 14.0. The standard InChI is InChI=1S/C17H22FN5O3/c1-25-8-9-26-16-3-2-12(10-14(16)18)20-17(24)15-11-23(22-21-15)13-4-6-19-7-5-13/h2-3,10-11,13,19H,4-9H2,1H3,(H,20,24). The average molecular weight is 363 g/mol. The van der Waals surface area contributed by atoms with Crippen molar-refractivity contribution in [3.8, 4) is 5.75 Å². The Hall–Kier alpha value is -2.52. The number of halogens is 1. The highest BCUT2D eigenvalue weighted by Gasteiger charge is 2.19. The number of amides is 1.